The molecule has 2 N–H and O–H groups in total. The molecule has 0 bridgehead atoms. The minimum absolute atomic E-state index is 0.255. The molecule has 0 saturated heterocycles. The standard InChI is InChI=1S/C18H25F3N6/c1-22-17(23-9-10-26(2)13-18(19,20)21)27(3)12-16-24-11-15(25-16)14-7-5-4-6-8-14/h4-8,11H,9-10,12-13H2,1-3H3,(H,22,23)(H,24,25). The molecule has 0 atom stereocenters. The molecule has 6 nitrogen and oxygen atoms in total. The van der Waals surface area contributed by atoms with E-state index in [1.54, 1.807) is 13.2 Å². The van der Waals surface area contributed by atoms with Crippen LogP contribution in [0.3, 0.4) is 0 Å². The van der Waals surface area contributed by atoms with Gasteiger partial charge in [0.05, 0.1) is 25.0 Å². The topological polar surface area (TPSA) is 59.6 Å². The number of nitrogens with zero attached hydrogens (tertiary/aromatic N) is 4. The van der Waals surface area contributed by atoms with Crippen molar-refractivity contribution in [1.29, 1.82) is 0 Å². The van der Waals surface area contributed by atoms with Crippen molar-refractivity contribution in [1.82, 2.24) is 25.1 Å². The van der Waals surface area contributed by atoms with Crippen LogP contribution in [0, 0.1) is 0 Å². The van der Waals surface area contributed by atoms with Crippen LogP contribution in [0.4, 0.5) is 13.2 Å². The minimum atomic E-state index is -4.19. The van der Waals surface area contributed by atoms with Gasteiger partial charge < -0.3 is 15.2 Å². The molecule has 0 fully saturated rings. The third-order valence-corrected chi connectivity index (χ3v) is 3.90. The Kier molecular flexibility index (Phi) is 7.23. The van der Waals surface area contributed by atoms with Crippen LogP contribution in [0.5, 0.6) is 0 Å². The fourth-order valence-corrected chi connectivity index (χ4v) is 2.64. The number of hydrogen-bond acceptors (Lipinski definition) is 3. The van der Waals surface area contributed by atoms with E-state index in [9.17, 15) is 13.2 Å². The van der Waals surface area contributed by atoms with E-state index in [-0.39, 0.29) is 6.54 Å². The third-order valence-electron chi connectivity index (χ3n) is 3.90. The Hall–Kier alpha value is -2.55. The average Bonchev–Trinajstić information content (AvgIpc) is 3.06. The normalized spacial score (nSPS) is 12.5. The Balaban J connectivity index is 1.85. The SMILES string of the molecule is CN=C(NCCN(C)CC(F)(F)F)N(C)Cc1ncc(-c2ccccc2)[nH]1. The van der Waals surface area contributed by atoms with E-state index in [0.29, 0.717) is 19.0 Å². The van der Waals surface area contributed by atoms with Gasteiger partial charge in [-0.15, -0.1) is 0 Å². The molecule has 0 unspecified atom stereocenters. The lowest BCUT2D eigenvalue weighted by atomic mass is 10.2. The Labute approximate surface area is 157 Å². The summed E-state index contributed by atoms with van der Waals surface area (Å²) >= 11 is 0. The molecule has 27 heavy (non-hydrogen) atoms. The fourth-order valence-electron chi connectivity index (χ4n) is 2.64. The lowest BCUT2D eigenvalue weighted by Gasteiger charge is -2.23. The van der Waals surface area contributed by atoms with Crippen LogP contribution < -0.4 is 5.32 Å². The maximum Gasteiger partial charge on any atom is 0.401 e. The third kappa shape index (κ3) is 6.93. The molecule has 9 heteroatoms. The zero-order chi connectivity index (χ0) is 19.9. The summed E-state index contributed by atoms with van der Waals surface area (Å²) in [5.74, 6) is 1.36. The fraction of sp³-hybridized carbons (Fsp3) is 0.444. The number of alkyl halides is 3. The first-order valence-electron chi connectivity index (χ1n) is 8.55. The summed E-state index contributed by atoms with van der Waals surface area (Å²) in [6.07, 6.45) is -2.41. The molecule has 2 rings (SSSR count). The number of imidazole rings is 1. The predicted octanol–water partition coefficient (Wildman–Crippen LogP) is 2.58. The Morgan fingerprint density at radius 3 is 2.56 bits per heavy atom. The number of aliphatic imine (C=N–C) groups is 1. The van der Waals surface area contributed by atoms with Crippen LogP contribution in [0.1, 0.15) is 5.82 Å². The van der Waals surface area contributed by atoms with Crippen molar-refractivity contribution < 1.29 is 13.2 Å². The molecule has 1 heterocycles. The molecule has 0 amide bonds. The van der Waals surface area contributed by atoms with Crippen LogP contribution in [0.15, 0.2) is 41.5 Å². The Morgan fingerprint density at radius 2 is 1.93 bits per heavy atom. The van der Waals surface area contributed by atoms with Crippen LogP contribution in [-0.2, 0) is 6.54 Å². The first-order chi connectivity index (χ1) is 12.8. The lowest BCUT2D eigenvalue weighted by molar-refractivity contribution is -0.142. The van der Waals surface area contributed by atoms with Gasteiger partial charge in [0.25, 0.3) is 0 Å². The van der Waals surface area contributed by atoms with Crippen LogP contribution in [0.2, 0.25) is 0 Å². The highest BCUT2D eigenvalue weighted by molar-refractivity contribution is 5.79. The summed E-state index contributed by atoms with van der Waals surface area (Å²) in [5.41, 5.74) is 1.98. The maximum atomic E-state index is 12.3. The van der Waals surface area contributed by atoms with E-state index in [2.05, 4.69) is 20.3 Å². The van der Waals surface area contributed by atoms with Crippen molar-refractivity contribution in [2.75, 3.05) is 40.8 Å². The monoisotopic (exact) mass is 382 g/mol. The molecular formula is C18H25F3N6. The molecular weight excluding hydrogens is 357 g/mol. The number of halogens is 3. The summed E-state index contributed by atoms with van der Waals surface area (Å²) in [7, 11) is 4.92. The van der Waals surface area contributed by atoms with E-state index >= 15 is 0 Å². The highest BCUT2D eigenvalue weighted by Crippen LogP contribution is 2.16. The highest BCUT2D eigenvalue weighted by atomic mass is 19.4. The molecule has 0 aliphatic rings. The molecule has 0 saturated carbocycles. The van der Waals surface area contributed by atoms with E-state index in [1.807, 2.05) is 42.3 Å². The number of aromatic amines is 1. The molecule has 1 aromatic carbocycles. The second-order valence-electron chi connectivity index (χ2n) is 6.29. The van der Waals surface area contributed by atoms with Crippen LogP contribution >= 0.6 is 0 Å². The number of rotatable bonds is 7. The van der Waals surface area contributed by atoms with Crippen molar-refractivity contribution in [2.45, 2.75) is 12.7 Å². The van der Waals surface area contributed by atoms with E-state index in [4.69, 9.17) is 0 Å². The largest absolute Gasteiger partial charge is 0.401 e. The highest BCUT2D eigenvalue weighted by Gasteiger charge is 2.28. The number of nitrogens with one attached hydrogen (secondary N) is 2. The Bertz CT molecular complexity index is 726. The lowest BCUT2D eigenvalue weighted by Crippen LogP contribution is -2.43. The summed E-state index contributed by atoms with van der Waals surface area (Å²) in [5, 5.41) is 3.07. The zero-order valence-electron chi connectivity index (χ0n) is 15.7. The van der Waals surface area contributed by atoms with Crippen molar-refractivity contribution in [3.8, 4) is 11.3 Å². The van der Waals surface area contributed by atoms with Gasteiger partial charge in [0.1, 0.15) is 5.82 Å². The molecule has 1 aromatic heterocycles. The maximum absolute atomic E-state index is 12.3. The van der Waals surface area contributed by atoms with E-state index < -0.39 is 12.7 Å². The van der Waals surface area contributed by atoms with Crippen molar-refractivity contribution in [3.05, 3.63) is 42.4 Å². The molecule has 2 aromatic rings. The second kappa shape index (κ2) is 9.40. The first kappa shape index (κ1) is 20.8. The van der Waals surface area contributed by atoms with Gasteiger partial charge in [-0.2, -0.15) is 13.2 Å². The summed E-state index contributed by atoms with van der Waals surface area (Å²) in [6.45, 7) is 0.172. The number of benzene rings is 1. The van der Waals surface area contributed by atoms with Gasteiger partial charge in [-0.25, -0.2) is 4.98 Å². The van der Waals surface area contributed by atoms with Gasteiger partial charge in [-0.05, 0) is 12.6 Å². The van der Waals surface area contributed by atoms with Crippen molar-refractivity contribution in [3.63, 3.8) is 0 Å². The Morgan fingerprint density at radius 1 is 1.22 bits per heavy atom. The first-order valence-corrected chi connectivity index (χ1v) is 8.55. The van der Waals surface area contributed by atoms with E-state index in [1.165, 1.54) is 11.9 Å². The van der Waals surface area contributed by atoms with Crippen molar-refractivity contribution >= 4 is 5.96 Å². The smallest absolute Gasteiger partial charge is 0.355 e. The van der Waals surface area contributed by atoms with Crippen LogP contribution in [-0.4, -0.2) is 72.7 Å². The zero-order valence-corrected chi connectivity index (χ0v) is 15.7. The van der Waals surface area contributed by atoms with Crippen LogP contribution in [0.25, 0.3) is 11.3 Å². The van der Waals surface area contributed by atoms with Gasteiger partial charge in [0.15, 0.2) is 5.96 Å². The van der Waals surface area contributed by atoms with Gasteiger partial charge in [0, 0.05) is 27.2 Å². The van der Waals surface area contributed by atoms with Gasteiger partial charge >= 0.3 is 6.18 Å². The summed E-state index contributed by atoms with van der Waals surface area (Å²) in [6, 6.07) is 9.88. The predicted molar refractivity (Wildman–Crippen MR) is 100 cm³/mol. The van der Waals surface area contributed by atoms with Gasteiger partial charge in [0.2, 0.25) is 0 Å². The average molecular weight is 382 g/mol. The van der Waals surface area contributed by atoms with E-state index in [0.717, 1.165) is 17.1 Å². The summed E-state index contributed by atoms with van der Waals surface area (Å²) < 4.78 is 37.0. The number of likely N-dealkylation sites (N-methyl/N-ethyl adjacent to an activating group) is 1. The summed E-state index contributed by atoms with van der Waals surface area (Å²) in [4.78, 5) is 14.9. The molecule has 0 aliphatic carbocycles. The number of hydrogen-bond donors (Lipinski definition) is 2. The number of H-pyrrole nitrogens is 1. The molecule has 0 spiro atoms. The number of guanidine groups is 1. The molecule has 0 aliphatic heterocycles. The molecule has 0 radical (unpaired) electrons. The van der Waals surface area contributed by atoms with Crippen molar-refractivity contribution in [2.24, 2.45) is 4.99 Å². The quantitative estimate of drug-likeness (QED) is 0.571. The molecule has 148 valence electrons. The number of aromatic nitrogens is 2. The van der Waals surface area contributed by atoms with Gasteiger partial charge in [-0.3, -0.25) is 9.89 Å². The second-order valence-corrected chi connectivity index (χ2v) is 6.29. The van der Waals surface area contributed by atoms with Gasteiger partial charge in [-0.1, -0.05) is 30.3 Å². The minimum Gasteiger partial charge on any atom is -0.355 e.